The number of methoxy groups -OCH3 is 1. The number of aromatic hydroxyl groups is 1. The average molecular weight is 969 g/mol. The molecule has 3 aromatic rings. The van der Waals surface area contributed by atoms with E-state index in [0.29, 0.717) is 97.7 Å². The minimum absolute atomic E-state index is 0.0396. The standard InChI is InChI=1S/C60H80N4O7/c1-5-62-33-43-26-50-44(34-64-51-31-45(65)14-16-46(50)51)25-48(43)40-19-22-60(56(69)29-40)21-18-39(49-32-52(66)54(71-4)28-38(49)13-17-55(60)68)27-53(67)59(70)47(15-10-35(2)3)58(42-20-23-63-57(61)30-42)41-12-11-36-8-6-7-9-37(36)24-41/h6-9,11-12,20,24,28,30,32,35,39-40,43-44,46-48,50-51,53,56,58-59,62-64,66-67,69-70H,5,10,13-17,19,22-23,25-27,29,31,33-34,61H2,1-4H3/t39-,40+,43-,44+,46-,47-,48-,50+,51-,53+,56-,58+,59-,60-/m1/s1. The summed E-state index contributed by atoms with van der Waals surface area (Å²) >= 11 is 0. The van der Waals surface area contributed by atoms with Crippen LogP contribution in [0.15, 0.2) is 78.1 Å². The van der Waals surface area contributed by atoms with E-state index in [1.54, 1.807) is 12.1 Å². The number of ether oxygens (including phenoxy) is 1. The first-order chi connectivity index (χ1) is 34.3. The smallest absolute Gasteiger partial charge is 0.160 e. The molecule has 3 saturated carbocycles. The van der Waals surface area contributed by atoms with Crippen LogP contribution in [-0.2, 0) is 16.0 Å². The zero-order valence-corrected chi connectivity index (χ0v) is 42.5. The molecule has 6 aliphatic rings. The first kappa shape index (κ1) is 51.2. The highest BCUT2D eigenvalue weighted by molar-refractivity contribution is 5.89. The predicted octanol–water partition coefficient (Wildman–Crippen LogP) is 7.79. The van der Waals surface area contributed by atoms with Gasteiger partial charge in [-0.15, -0.1) is 0 Å². The number of aryl methyl sites for hydroxylation is 1. The van der Waals surface area contributed by atoms with E-state index in [4.69, 9.17) is 10.5 Å². The van der Waals surface area contributed by atoms with Crippen molar-refractivity contribution in [3.8, 4) is 23.3 Å². The minimum Gasteiger partial charge on any atom is -0.504 e. The number of hydrogen-bond donors (Lipinski definition) is 8. The number of Topliss-reactive ketones (excluding diaryl/α,β-unsaturated/α-hetero) is 2. The van der Waals surface area contributed by atoms with Crippen molar-refractivity contribution < 1.29 is 34.8 Å². The maximum absolute atomic E-state index is 14.8. The van der Waals surface area contributed by atoms with Crippen LogP contribution >= 0.6 is 0 Å². The van der Waals surface area contributed by atoms with Gasteiger partial charge in [-0.05, 0) is 176 Å². The van der Waals surface area contributed by atoms with Gasteiger partial charge in [0.05, 0.1) is 31.2 Å². The molecule has 0 unspecified atom stereocenters. The molecule has 9 N–H and O–H groups in total. The lowest BCUT2D eigenvalue weighted by Gasteiger charge is -2.54. The summed E-state index contributed by atoms with van der Waals surface area (Å²) in [5.74, 6) is 9.70. The molecule has 71 heavy (non-hydrogen) atoms. The highest BCUT2D eigenvalue weighted by Crippen LogP contribution is 2.54. The molecule has 1 saturated heterocycles. The number of piperidine rings is 1. The Morgan fingerprint density at radius 1 is 0.944 bits per heavy atom. The Morgan fingerprint density at radius 3 is 2.52 bits per heavy atom. The molecule has 11 nitrogen and oxygen atoms in total. The van der Waals surface area contributed by atoms with Crippen molar-refractivity contribution in [2.45, 2.75) is 140 Å². The molecule has 11 heteroatoms. The van der Waals surface area contributed by atoms with Gasteiger partial charge in [-0.25, -0.2) is 0 Å². The van der Waals surface area contributed by atoms with Gasteiger partial charge in [0, 0.05) is 43.7 Å². The van der Waals surface area contributed by atoms with Crippen LogP contribution in [0.25, 0.3) is 10.8 Å². The summed E-state index contributed by atoms with van der Waals surface area (Å²) in [6.07, 6.45) is 8.91. The molecule has 0 radical (unpaired) electrons. The lowest BCUT2D eigenvalue weighted by molar-refractivity contribution is -0.136. The third-order valence-corrected chi connectivity index (χ3v) is 18.2. The van der Waals surface area contributed by atoms with Gasteiger partial charge in [0.25, 0.3) is 0 Å². The number of aliphatic hydroxyl groups is 3. The van der Waals surface area contributed by atoms with Crippen LogP contribution in [0, 0.1) is 64.6 Å². The Kier molecular flexibility index (Phi) is 16.0. The third-order valence-electron chi connectivity index (χ3n) is 18.2. The molecule has 4 aliphatic carbocycles. The number of dihydropyridines is 1. The zero-order valence-electron chi connectivity index (χ0n) is 42.5. The van der Waals surface area contributed by atoms with Gasteiger partial charge in [0.2, 0.25) is 0 Å². The average Bonchev–Trinajstić information content (AvgIpc) is 3.41. The molecule has 2 aliphatic heterocycles. The van der Waals surface area contributed by atoms with Crippen LogP contribution in [0.4, 0.5) is 0 Å². The predicted molar refractivity (Wildman–Crippen MR) is 279 cm³/mol. The van der Waals surface area contributed by atoms with Crippen LogP contribution < -0.4 is 26.4 Å². The van der Waals surface area contributed by atoms with Crippen LogP contribution in [-0.4, -0.2) is 89.6 Å². The van der Waals surface area contributed by atoms with Gasteiger partial charge >= 0.3 is 0 Å². The Bertz CT molecular complexity index is 2530. The van der Waals surface area contributed by atoms with Crippen LogP contribution in [0.1, 0.15) is 126 Å². The largest absolute Gasteiger partial charge is 0.504 e. The Morgan fingerprint density at radius 2 is 1.76 bits per heavy atom. The fourth-order valence-electron chi connectivity index (χ4n) is 14.4. The molecule has 2 heterocycles. The van der Waals surface area contributed by atoms with E-state index in [1.807, 2.05) is 18.2 Å². The van der Waals surface area contributed by atoms with Crippen molar-refractivity contribution in [2.24, 2.45) is 58.5 Å². The Labute approximate surface area is 421 Å². The number of nitrogens with one attached hydrogen (secondary N) is 3. The maximum Gasteiger partial charge on any atom is 0.160 e. The van der Waals surface area contributed by atoms with Crippen molar-refractivity contribution in [3.63, 3.8) is 0 Å². The number of hydrogen-bond acceptors (Lipinski definition) is 11. The summed E-state index contributed by atoms with van der Waals surface area (Å²) in [5, 5.41) is 62.0. The summed E-state index contributed by atoms with van der Waals surface area (Å²) < 4.78 is 5.58. The van der Waals surface area contributed by atoms with E-state index < -0.39 is 35.6 Å². The second kappa shape index (κ2) is 22.2. The van der Waals surface area contributed by atoms with Crippen LogP contribution in [0.3, 0.4) is 0 Å². The normalized spacial score (nSPS) is 31.5. The molecule has 4 fully saturated rings. The second-order valence-corrected chi connectivity index (χ2v) is 22.8. The number of fused-ring (bicyclic) bond motifs is 5. The highest BCUT2D eigenvalue weighted by atomic mass is 16.5. The van der Waals surface area contributed by atoms with Crippen LogP contribution in [0.5, 0.6) is 11.5 Å². The number of carbonyl (C=O) groups excluding carboxylic acids is 2. The Balaban J connectivity index is 1.02. The highest BCUT2D eigenvalue weighted by Gasteiger charge is 2.53. The molecule has 3 aromatic carbocycles. The van der Waals surface area contributed by atoms with Gasteiger partial charge in [-0.3, -0.25) is 9.59 Å². The number of phenolic OH excluding ortho intramolecular Hbond substituents is 1. The summed E-state index contributed by atoms with van der Waals surface area (Å²) in [7, 11) is 1.50. The molecule has 0 bridgehead atoms. The molecule has 0 aromatic heterocycles. The van der Waals surface area contributed by atoms with Crippen molar-refractivity contribution in [1.82, 2.24) is 16.0 Å². The summed E-state index contributed by atoms with van der Waals surface area (Å²) in [6, 6.07) is 18.4. The molecular weight excluding hydrogens is 889 g/mol. The summed E-state index contributed by atoms with van der Waals surface area (Å²) in [4.78, 5) is 27.2. The molecule has 0 amide bonds. The maximum atomic E-state index is 14.8. The minimum atomic E-state index is -1.29. The first-order valence-electron chi connectivity index (χ1n) is 27.1. The van der Waals surface area contributed by atoms with Crippen molar-refractivity contribution in [2.75, 3.05) is 33.3 Å². The molecule has 14 atom stereocenters. The monoisotopic (exact) mass is 969 g/mol. The van der Waals surface area contributed by atoms with E-state index in [1.165, 1.54) is 7.11 Å². The Hall–Kier alpha value is -4.70. The number of phenols is 1. The van der Waals surface area contributed by atoms with Gasteiger partial charge in [-0.2, -0.15) is 0 Å². The van der Waals surface area contributed by atoms with E-state index in [-0.39, 0.29) is 48.0 Å². The molecular formula is C60H80N4O7. The molecule has 1 spiro atoms. The van der Waals surface area contributed by atoms with Crippen molar-refractivity contribution in [3.05, 3.63) is 94.8 Å². The molecule has 382 valence electrons. The quantitative estimate of drug-likeness (QED) is 0.0696. The number of nitrogens with two attached hydrogens (primary N) is 1. The lowest BCUT2D eigenvalue weighted by Crippen LogP contribution is -2.57. The van der Waals surface area contributed by atoms with Gasteiger partial charge in [0.15, 0.2) is 17.3 Å². The van der Waals surface area contributed by atoms with E-state index >= 15 is 0 Å². The molecule has 9 rings (SSSR count). The summed E-state index contributed by atoms with van der Waals surface area (Å²) in [5.41, 5.74) is 8.62. The summed E-state index contributed by atoms with van der Waals surface area (Å²) in [6.45, 7) is 9.80. The number of aliphatic hydroxyl groups excluding tert-OH is 3. The fourth-order valence-corrected chi connectivity index (χ4v) is 14.4. The number of carbonyl (C=O) groups is 2. The third kappa shape index (κ3) is 10.8. The second-order valence-electron chi connectivity index (χ2n) is 22.8. The van der Waals surface area contributed by atoms with Gasteiger partial charge in [0.1, 0.15) is 11.2 Å². The number of rotatable bonds is 15. The number of benzene rings is 3. The van der Waals surface area contributed by atoms with E-state index in [2.05, 4.69) is 85.0 Å². The lowest BCUT2D eigenvalue weighted by atomic mass is 9.54. The SMILES string of the molecule is CCNC[C@H]1C[C@H]2[C@H](CN[C@@H]3CC(=O)CC[C@H]23)C[C@@H]1[C@H]1CC[C@@]2(C#C[C@H](C[C@H](O)[C@H](O)[C@H](CCC(C)C)[C@H](C3=CCNC(N)=C3)c3ccc4ccccc4c3)c3cc(O)c(OC)cc3CCC2=O)[C@H](O)C1. The zero-order chi connectivity index (χ0) is 50.0. The van der Waals surface area contributed by atoms with Gasteiger partial charge in [-0.1, -0.05) is 87.6 Å². The van der Waals surface area contributed by atoms with Crippen molar-refractivity contribution in [1.29, 1.82) is 0 Å². The van der Waals surface area contributed by atoms with Gasteiger partial charge < -0.3 is 46.8 Å². The van der Waals surface area contributed by atoms with E-state index in [0.717, 1.165) is 79.2 Å². The van der Waals surface area contributed by atoms with Crippen molar-refractivity contribution >= 4 is 22.3 Å². The number of ketones is 2. The fraction of sp³-hybridized carbons (Fsp3) is 0.600. The van der Waals surface area contributed by atoms with Crippen LogP contribution in [0.2, 0.25) is 0 Å². The topological polar surface area (TPSA) is 186 Å². The number of allylic oxidation sites excluding steroid dienone is 2. The first-order valence-corrected chi connectivity index (χ1v) is 27.1. The van der Waals surface area contributed by atoms with E-state index in [9.17, 15) is 30.0 Å².